The van der Waals surface area contributed by atoms with E-state index in [2.05, 4.69) is 5.32 Å². The van der Waals surface area contributed by atoms with Crippen molar-refractivity contribution in [3.8, 4) is 5.75 Å². The zero-order valence-electron chi connectivity index (χ0n) is 13.2. The number of carboxylic acid groups (broad SMARTS) is 1. The van der Waals surface area contributed by atoms with Gasteiger partial charge in [-0.3, -0.25) is 4.79 Å². The summed E-state index contributed by atoms with van der Waals surface area (Å²) in [4.78, 5) is 23.3. The van der Waals surface area contributed by atoms with Crippen molar-refractivity contribution in [2.45, 2.75) is 6.92 Å². The first kappa shape index (κ1) is 17.6. The van der Waals surface area contributed by atoms with Crippen molar-refractivity contribution in [3.05, 3.63) is 64.2 Å². The van der Waals surface area contributed by atoms with Crippen molar-refractivity contribution in [2.24, 2.45) is 0 Å². The average molecular weight is 346 g/mol. The molecular weight excluding hydrogens is 330 g/mol. The molecule has 24 heavy (non-hydrogen) atoms. The van der Waals surface area contributed by atoms with Gasteiger partial charge in [-0.15, -0.1) is 0 Å². The zero-order valence-corrected chi connectivity index (χ0v) is 13.9. The molecule has 6 heteroatoms. The minimum Gasteiger partial charge on any atom is -0.496 e. The Hall–Kier alpha value is -2.79. The minimum absolute atomic E-state index is 0.0426. The van der Waals surface area contributed by atoms with Gasteiger partial charge in [0, 0.05) is 11.1 Å². The molecule has 5 nitrogen and oxygen atoms in total. The van der Waals surface area contributed by atoms with Gasteiger partial charge < -0.3 is 15.2 Å². The lowest BCUT2D eigenvalue weighted by molar-refractivity contribution is -0.112. The van der Waals surface area contributed by atoms with Gasteiger partial charge in [-0.05, 0) is 37.3 Å². The summed E-state index contributed by atoms with van der Waals surface area (Å²) in [6.07, 6.45) is 1.68. The summed E-state index contributed by atoms with van der Waals surface area (Å²) >= 11 is 6.01. The highest BCUT2D eigenvalue weighted by atomic mass is 35.5. The number of carboxylic acids is 1. The van der Waals surface area contributed by atoms with E-state index in [4.69, 9.17) is 21.4 Å². The van der Waals surface area contributed by atoms with Crippen LogP contribution in [0, 0.1) is 0 Å². The van der Waals surface area contributed by atoms with Gasteiger partial charge in [-0.25, -0.2) is 4.79 Å². The van der Waals surface area contributed by atoms with E-state index in [0.29, 0.717) is 11.3 Å². The second-order valence-electron chi connectivity index (χ2n) is 5.02. The fourth-order valence-corrected chi connectivity index (χ4v) is 2.22. The number of amides is 1. The summed E-state index contributed by atoms with van der Waals surface area (Å²) in [5, 5.41) is 11.9. The molecule has 1 amide bonds. The molecule has 0 bridgehead atoms. The van der Waals surface area contributed by atoms with Crippen LogP contribution in [0.5, 0.6) is 5.75 Å². The minimum atomic E-state index is -1.09. The lowest BCUT2D eigenvalue weighted by Gasteiger charge is -2.09. The molecular formula is C18H16ClNO4. The van der Waals surface area contributed by atoms with E-state index >= 15 is 0 Å². The molecule has 2 N–H and O–H groups in total. The summed E-state index contributed by atoms with van der Waals surface area (Å²) in [6.45, 7) is 1.65. The van der Waals surface area contributed by atoms with Crippen LogP contribution < -0.4 is 10.1 Å². The Morgan fingerprint density at radius 3 is 2.58 bits per heavy atom. The quantitative estimate of drug-likeness (QED) is 0.800. The molecule has 2 aromatic rings. The van der Waals surface area contributed by atoms with Gasteiger partial charge in [0.15, 0.2) is 0 Å². The summed E-state index contributed by atoms with van der Waals surface area (Å²) in [5.74, 6) is -0.829. The van der Waals surface area contributed by atoms with Crippen molar-refractivity contribution in [1.29, 1.82) is 0 Å². The second kappa shape index (κ2) is 7.66. The second-order valence-corrected chi connectivity index (χ2v) is 5.43. The Labute approximate surface area is 144 Å². The first-order chi connectivity index (χ1) is 11.4. The molecule has 0 fully saturated rings. The predicted molar refractivity (Wildman–Crippen MR) is 93.7 cm³/mol. The first-order valence-electron chi connectivity index (χ1n) is 7.08. The van der Waals surface area contributed by atoms with Crippen molar-refractivity contribution in [2.75, 3.05) is 12.4 Å². The maximum absolute atomic E-state index is 12.3. The number of para-hydroxylation sites is 1. The van der Waals surface area contributed by atoms with Crippen LogP contribution in [-0.4, -0.2) is 24.1 Å². The van der Waals surface area contributed by atoms with Gasteiger partial charge in [-0.2, -0.15) is 0 Å². The van der Waals surface area contributed by atoms with E-state index in [1.165, 1.54) is 18.2 Å². The number of hydrogen-bond acceptors (Lipinski definition) is 3. The summed E-state index contributed by atoms with van der Waals surface area (Å²) in [6, 6.07) is 11.4. The number of anilines is 1. The molecule has 0 saturated carbocycles. The van der Waals surface area contributed by atoms with Crippen molar-refractivity contribution >= 4 is 35.2 Å². The molecule has 2 rings (SSSR count). The maximum Gasteiger partial charge on any atom is 0.335 e. The van der Waals surface area contributed by atoms with Crippen LogP contribution in [0.1, 0.15) is 22.8 Å². The number of carbonyl (C=O) groups is 2. The summed E-state index contributed by atoms with van der Waals surface area (Å²) in [5.41, 5.74) is 1.48. The Balaban J connectivity index is 2.25. The van der Waals surface area contributed by atoms with Crippen LogP contribution in [0.3, 0.4) is 0 Å². The molecule has 0 aliphatic rings. The van der Waals surface area contributed by atoms with Crippen molar-refractivity contribution < 1.29 is 19.4 Å². The standard InChI is InChI=1S/C18H16ClNO4/c1-11(9-12-5-3-4-6-16(12)24-2)17(21)20-15-10-13(18(22)23)7-8-14(15)19/h3-10H,1-2H3,(H,20,21)(H,22,23)/b11-9+. The number of aromatic carboxylic acids is 1. The molecule has 0 saturated heterocycles. The number of hydrogen-bond donors (Lipinski definition) is 2. The number of methoxy groups -OCH3 is 1. The van der Waals surface area contributed by atoms with Crippen LogP contribution >= 0.6 is 11.6 Å². The maximum atomic E-state index is 12.3. The fourth-order valence-electron chi connectivity index (χ4n) is 2.06. The number of rotatable bonds is 5. The largest absolute Gasteiger partial charge is 0.496 e. The summed E-state index contributed by atoms with van der Waals surface area (Å²) < 4.78 is 5.24. The van der Waals surface area contributed by atoms with Crippen LogP contribution in [0.15, 0.2) is 48.0 Å². The third-order valence-corrected chi connectivity index (χ3v) is 3.66. The van der Waals surface area contributed by atoms with E-state index in [9.17, 15) is 9.59 Å². The van der Waals surface area contributed by atoms with E-state index in [0.717, 1.165) is 5.56 Å². The average Bonchev–Trinajstić information content (AvgIpc) is 2.57. The van der Waals surface area contributed by atoms with E-state index in [1.54, 1.807) is 26.2 Å². The predicted octanol–water partition coefficient (Wildman–Crippen LogP) is 4.09. The molecule has 0 heterocycles. The van der Waals surface area contributed by atoms with Crippen molar-refractivity contribution in [1.82, 2.24) is 0 Å². The van der Waals surface area contributed by atoms with Crippen LogP contribution in [0.2, 0.25) is 5.02 Å². The third kappa shape index (κ3) is 4.14. The number of benzene rings is 2. The number of halogens is 1. The monoisotopic (exact) mass is 345 g/mol. The smallest absolute Gasteiger partial charge is 0.335 e. The molecule has 0 aliphatic heterocycles. The Bertz CT molecular complexity index is 814. The van der Waals surface area contributed by atoms with E-state index in [-0.39, 0.29) is 22.2 Å². The van der Waals surface area contributed by atoms with Crippen LogP contribution in [-0.2, 0) is 4.79 Å². The highest BCUT2D eigenvalue weighted by Crippen LogP contribution is 2.25. The highest BCUT2D eigenvalue weighted by Gasteiger charge is 2.12. The van der Waals surface area contributed by atoms with Gasteiger partial charge in [0.05, 0.1) is 23.4 Å². The highest BCUT2D eigenvalue weighted by molar-refractivity contribution is 6.34. The molecule has 0 atom stereocenters. The number of carbonyl (C=O) groups excluding carboxylic acids is 1. The van der Waals surface area contributed by atoms with Crippen LogP contribution in [0.4, 0.5) is 5.69 Å². The van der Waals surface area contributed by atoms with Gasteiger partial charge in [0.1, 0.15) is 5.75 Å². The lowest BCUT2D eigenvalue weighted by atomic mass is 10.1. The zero-order chi connectivity index (χ0) is 17.7. The summed E-state index contributed by atoms with van der Waals surface area (Å²) in [7, 11) is 1.55. The molecule has 0 aliphatic carbocycles. The fraction of sp³-hybridized carbons (Fsp3) is 0.111. The number of ether oxygens (including phenoxy) is 1. The Morgan fingerprint density at radius 1 is 1.21 bits per heavy atom. The van der Waals surface area contributed by atoms with Gasteiger partial charge >= 0.3 is 5.97 Å². The van der Waals surface area contributed by atoms with Gasteiger partial charge in [0.25, 0.3) is 5.91 Å². The topological polar surface area (TPSA) is 75.6 Å². The third-order valence-electron chi connectivity index (χ3n) is 3.33. The molecule has 2 aromatic carbocycles. The Morgan fingerprint density at radius 2 is 1.92 bits per heavy atom. The lowest BCUT2D eigenvalue weighted by Crippen LogP contribution is -2.13. The molecule has 124 valence electrons. The van der Waals surface area contributed by atoms with Gasteiger partial charge in [-0.1, -0.05) is 29.8 Å². The molecule has 0 unspecified atom stereocenters. The van der Waals surface area contributed by atoms with E-state index in [1.807, 2.05) is 18.2 Å². The normalized spacial score (nSPS) is 11.0. The first-order valence-corrected chi connectivity index (χ1v) is 7.45. The van der Waals surface area contributed by atoms with Gasteiger partial charge in [0.2, 0.25) is 0 Å². The molecule has 0 spiro atoms. The molecule has 0 radical (unpaired) electrons. The van der Waals surface area contributed by atoms with Crippen molar-refractivity contribution in [3.63, 3.8) is 0 Å². The SMILES string of the molecule is COc1ccccc1/C=C(\C)C(=O)Nc1cc(C(=O)O)ccc1Cl. The number of nitrogens with one attached hydrogen (secondary N) is 1. The Kier molecular flexibility index (Phi) is 5.60. The van der Waals surface area contributed by atoms with E-state index < -0.39 is 5.97 Å². The molecule has 0 aromatic heterocycles. The van der Waals surface area contributed by atoms with Crippen LogP contribution in [0.25, 0.3) is 6.08 Å².